The van der Waals surface area contributed by atoms with Gasteiger partial charge < -0.3 is 10.6 Å². The van der Waals surface area contributed by atoms with Gasteiger partial charge >= 0.3 is 0 Å². The standard InChI is InChI=1S/C15H15N3O2S/c1-2-11-7-16-14(21-11)8-17-15(20)10-4-3-9-6-13(19)18-12(9)5-10/h3-5,7H,2,6,8H2,1H3,(H,17,20)(H,18,19). The van der Waals surface area contributed by atoms with Crippen LogP contribution in [0.25, 0.3) is 0 Å². The summed E-state index contributed by atoms with van der Waals surface area (Å²) in [6.45, 7) is 2.50. The lowest BCUT2D eigenvalue weighted by molar-refractivity contribution is -0.115. The monoisotopic (exact) mass is 301 g/mol. The summed E-state index contributed by atoms with van der Waals surface area (Å²) in [5.41, 5.74) is 2.21. The van der Waals surface area contributed by atoms with Crippen LogP contribution in [0.2, 0.25) is 0 Å². The summed E-state index contributed by atoms with van der Waals surface area (Å²) in [6, 6.07) is 5.28. The Hall–Kier alpha value is -2.21. The van der Waals surface area contributed by atoms with Crippen LogP contribution < -0.4 is 10.6 Å². The van der Waals surface area contributed by atoms with Gasteiger partial charge in [-0.25, -0.2) is 4.98 Å². The second-order valence-electron chi connectivity index (χ2n) is 4.85. The fourth-order valence-corrected chi connectivity index (χ4v) is 3.01. The number of hydrogen-bond donors (Lipinski definition) is 2. The number of amides is 2. The molecule has 21 heavy (non-hydrogen) atoms. The van der Waals surface area contributed by atoms with E-state index in [1.807, 2.05) is 12.3 Å². The van der Waals surface area contributed by atoms with Gasteiger partial charge in [-0.15, -0.1) is 11.3 Å². The molecule has 2 N–H and O–H groups in total. The lowest BCUT2D eigenvalue weighted by Crippen LogP contribution is -2.22. The van der Waals surface area contributed by atoms with Crippen molar-refractivity contribution >= 4 is 28.8 Å². The van der Waals surface area contributed by atoms with Gasteiger partial charge in [0.05, 0.1) is 13.0 Å². The van der Waals surface area contributed by atoms with Crippen molar-refractivity contribution in [2.24, 2.45) is 0 Å². The van der Waals surface area contributed by atoms with Gasteiger partial charge in [-0.3, -0.25) is 9.59 Å². The lowest BCUT2D eigenvalue weighted by Gasteiger charge is -2.05. The number of hydrogen-bond acceptors (Lipinski definition) is 4. The molecule has 108 valence electrons. The number of anilines is 1. The largest absolute Gasteiger partial charge is 0.346 e. The molecule has 3 rings (SSSR count). The first-order chi connectivity index (χ1) is 10.2. The van der Waals surface area contributed by atoms with E-state index in [0.717, 1.165) is 22.7 Å². The molecular weight excluding hydrogens is 286 g/mol. The molecule has 0 saturated heterocycles. The Morgan fingerprint density at radius 3 is 3.10 bits per heavy atom. The predicted octanol–water partition coefficient (Wildman–Crippen LogP) is 2.13. The molecule has 1 aliphatic rings. The van der Waals surface area contributed by atoms with Crippen LogP contribution in [0.1, 0.15) is 32.7 Å². The minimum atomic E-state index is -0.160. The van der Waals surface area contributed by atoms with E-state index in [4.69, 9.17) is 0 Å². The molecule has 1 aliphatic heterocycles. The molecule has 0 spiro atoms. The van der Waals surface area contributed by atoms with Crippen molar-refractivity contribution in [2.75, 3.05) is 5.32 Å². The van der Waals surface area contributed by atoms with Crippen LogP contribution in [0, 0.1) is 0 Å². The zero-order valence-corrected chi connectivity index (χ0v) is 12.4. The van der Waals surface area contributed by atoms with Crippen LogP contribution in [-0.4, -0.2) is 16.8 Å². The molecular formula is C15H15N3O2S. The molecule has 0 radical (unpaired) electrons. The van der Waals surface area contributed by atoms with Crippen molar-refractivity contribution in [2.45, 2.75) is 26.3 Å². The number of aryl methyl sites for hydroxylation is 1. The number of thiazole rings is 1. The lowest BCUT2D eigenvalue weighted by atomic mass is 10.1. The smallest absolute Gasteiger partial charge is 0.251 e. The third kappa shape index (κ3) is 2.95. The number of rotatable bonds is 4. The van der Waals surface area contributed by atoms with Gasteiger partial charge in [-0.05, 0) is 24.1 Å². The molecule has 0 saturated carbocycles. The Morgan fingerprint density at radius 1 is 1.48 bits per heavy atom. The molecule has 5 nitrogen and oxygen atoms in total. The van der Waals surface area contributed by atoms with E-state index < -0.39 is 0 Å². The van der Waals surface area contributed by atoms with Crippen molar-refractivity contribution in [3.05, 3.63) is 45.4 Å². The quantitative estimate of drug-likeness (QED) is 0.909. The fourth-order valence-electron chi connectivity index (χ4n) is 2.21. The van der Waals surface area contributed by atoms with Gasteiger partial charge in [0.1, 0.15) is 5.01 Å². The first kappa shape index (κ1) is 13.8. The highest BCUT2D eigenvalue weighted by molar-refractivity contribution is 7.11. The van der Waals surface area contributed by atoms with Gasteiger partial charge in [0.25, 0.3) is 5.91 Å². The summed E-state index contributed by atoms with van der Waals surface area (Å²) >= 11 is 1.61. The number of carbonyl (C=O) groups excluding carboxylic acids is 2. The van der Waals surface area contributed by atoms with Crippen LogP contribution in [0.3, 0.4) is 0 Å². The van der Waals surface area contributed by atoms with Crippen LogP contribution in [0.15, 0.2) is 24.4 Å². The Balaban J connectivity index is 1.66. The normalized spacial score (nSPS) is 12.9. The average molecular weight is 301 g/mol. The second kappa shape index (κ2) is 5.65. The van der Waals surface area contributed by atoms with Crippen molar-refractivity contribution in [3.8, 4) is 0 Å². The first-order valence-corrected chi connectivity index (χ1v) is 7.62. The van der Waals surface area contributed by atoms with Gasteiger partial charge in [0, 0.05) is 22.3 Å². The number of aromatic nitrogens is 1. The molecule has 0 atom stereocenters. The first-order valence-electron chi connectivity index (χ1n) is 6.80. The van der Waals surface area contributed by atoms with Crippen molar-refractivity contribution in [3.63, 3.8) is 0 Å². The second-order valence-corrected chi connectivity index (χ2v) is 6.05. The molecule has 2 aromatic rings. The SMILES string of the molecule is CCc1cnc(CNC(=O)c2ccc3c(c2)NC(=O)C3)s1. The number of nitrogens with zero attached hydrogens (tertiary/aromatic N) is 1. The Bertz CT molecular complexity index is 709. The molecule has 0 aliphatic carbocycles. The highest BCUT2D eigenvalue weighted by Crippen LogP contribution is 2.24. The van der Waals surface area contributed by atoms with E-state index in [1.54, 1.807) is 23.5 Å². The maximum absolute atomic E-state index is 12.1. The molecule has 2 heterocycles. The highest BCUT2D eigenvalue weighted by Gasteiger charge is 2.19. The van der Waals surface area contributed by atoms with E-state index in [0.29, 0.717) is 18.5 Å². The minimum absolute atomic E-state index is 0.0301. The van der Waals surface area contributed by atoms with Crippen LogP contribution >= 0.6 is 11.3 Å². The maximum Gasteiger partial charge on any atom is 0.251 e. The topological polar surface area (TPSA) is 71.1 Å². The van der Waals surface area contributed by atoms with E-state index in [1.165, 1.54) is 4.88 Å². The van der Waals surface area contributed by atoms with Crippen molar-refractivity contribution in [1.82, 2.24) is 10.3 Å². The summed E-state index contributed by atoms with van der Waals surface area (Å²) in [7, 11) is 0. The Morgan fingerprint density at radius 2 is 2.33 bits per heavy atom. The van der Waals surface area contributed by atoms with Gasteiger partial charge in [-0.1, -0.05) is 13.0 Å². The molecule has 1 aromatic heterocycles. The van der Waals surface area contributed by atoms with Crippen LogP contribution in [0.5, 0.6) is 0 Å². The summed E-state index contributed by atoms with van der Waals surface area (Å²) in [5, 5.41) is 6.50. The molecule has 1 aromatic carbocycles. The average Bonchev–Trinajstić information content (AvgIpc) is 3.08. The van der Waals surface area contributed by atoms with Gasteiger partial charge in [0.15, 0.2) is 0 Å². The highest BCUT2D eigenvalue weighted by atomic mass is 32.1. The number of fused-ring (bicyclic) bond motifs is 1. The van der Waals surface area contributed by atoms with Crippen molar-refractivity contribution in [1.29, 1.82) is 0 Å². The minimum Gasteiger partial charge on any atom is -0.346 e. The third-order valence-electron chi connectivity index (χ3n) is 3.35. The van der Waals surface area contributed by atoms with Gasteiger partial charge in [0.2, 0.25) is 5.91 Å². The molecule has 6 heteroatoms. The molecule has 2 amide bonds. The fraction of sp³-hybridized carbons (Fsp3) is 0.267. The molecule has 0 bridgehead atoms. The van der Waals surface area contributed by atoms with Crippen molar-refractivity contribution < 1.29 is 9.59 Å². The summed E-state index contributed by atoms with van der Waals surface area (Å²) in [6.07, 6.45) is 3.18. The number of benzene rings is 1. The number of nitrogens with one attached hydrogen (secondary N) is 2. The Kier molecular flexibility index (Phi) is 3.70. The third-order valence-corrected chi connectivity index (χ3v) is 4.49. The summed E-state index contributed by atoms with van der Waals surface area (Å²) in [5.74, 6) is -0.190. The molecule has 0 fully saturated rings. The van der Waals surface area contributed by atoms with E-state index in [-0.39, 0.29) is 11.8 Å². The van der Waals surface area contributed by atoms with E-state index in [2.05, 4.69) is 22.5 Å². The Labute approximate surface area is 126 Å². The summed E-state index contributed by atoms with van der Waals surface area (Å²) < 4.78 is 0. The predicted molar refractivity (Wildman–Crippen MR) is 81.4 cm³/mol. The summed E-state index contributed by atoms with van der Waals surface area (Å²) in [4.78, 5) is 28.9. The maximum atomic E-state index is 12.1. The zero-order valence-electron chi connectivity index (χ0n) is 11.6. The number of carbonyl (C=O) groups is 2. The van der Waals surface area contributed by atoms with E-state index in [9.17, 15) is 9.59 Å². The van der Waals surface area contributed by atoms with Gasteiger partial charge in [-0.2, -0.15) is 0 Å². The molecule has 0 unspecified atom stereocenters. The van der Waals surface area contributed by atoms with E-state index >= 15 is 0 Å². The zero-order chi connectivity index (χ0) is 14.8. The van der Waals surface area contributed by atoms with Crippen LogP contribution in [0.4, 0.5) is 5.69 Å². The van der Waals surface area contributed by atoms with Crippen LogP contribution in [-0.2, 0) is 24.2 Å².